The Labute approximate surface area is 222 Å². The average Bonchev–Trinajstić information content (AvgIpc) is 2.94. The molecule has 1 fully saturated rings. The maximum Gasteiger partial charge on any atom is 0.249 e. The Hall–Kier alpha value is -3.72. The molecule has 3 aromatic rings. The van der Waals surface area contributed by atoms with E-state index in [1.165, 1.54) is 7.11 Å². The molecule has 1 amide bonds. The predicted molar refractivity (Wildman–Crippen MR) is 134 cm³/mol. The van der Waals surface area contributed by atoms with Crippen LogP contribution in [0.1, 0.15) is 42.9 Å². The van der Waals surface area contributed by atoms with Crippen LogP contribution in [0.25, 0.3) is 10.9 Å². The Morgan fingerprint density at radius 2 is 1.85 bits per heavy atom. The number of pyridine rings is 1. The van der Waals surface area contributed by atoms with Crippen LogP contribution in [-0.2, 0) is 4.79 Å². The first kappa shape index (κ1) is 28.3. The molecule has 1 aliphatic rings. The van der Waals surface area contributed by atoms with E-state index in [1.54, 1.807) is 23.7 Å². The fourth-order valence-corrected chi connectivity index (χ4v) is 4.92. The topological polar surface area (TPSA) is 94.9 Å². The first-order valence-corrected chi connectivity index (χ1v) is 12.3. The first-order chi connectivity index (χ1) is 18.7. The number of hydrogen-bond donors (Lipinski definition) is 3. The minimum absolute atomic E-state index is 0.000102. The monoisotopic (exact) mass is 545 g/mol. The van der Waals surface area contributed by atoms with Crippen LogP contribution < -0.4 is 10.2 Å². The summed E-state index contributed by atoms with van der Waals surface area (Å²) in [5.74, 6) is 0.392. The Morgan fingerprint density at radius 3 is 2.49 bits per heavy atom. The zero-order valence-electron chi connectivity index (χ0n) is 21.1. The molecule has 1 atom stereocenters. The molecule has 1 aromatic heterocycles. The summed E-state index contributed by atoms with van der Waals surface area (Å²) in [4.78, 5) is 18.7. The molecule has 39 heavy (non-hydrogen) atoms. The third kappa shape index (κ3) is 6.14. The molecule has 206 valence electrons. The van der Waals surface area contributed by atoms with Crippen molar-refractivity contribution >= 4 is 16.8 Å². The number of likely N-dealkylation sites (tertiary alicyclic amines) is 1. The number of aliphatic hydroxyl groups excluding tert-OH is 1. The molecule has 2 heterocycles. The number of benzene rings is 2. The number of rotatable bonds is 7. The number of hydroxylamine groups is 1. The Balaban J connectivity index is 1.44. The lowest BCUT2D eigenvalue weighted by molar-refractivity contribution is -0.143. The fourth-order valence-electron chi connectivity index (χ4n) is 4.92. The van der Waals surface area contributed by atoms with Gasteiger partial charge in [-0.25, -0.2) is 23.0 Å². The summed E-state index contributed by atoms with van der Waals surface area (Å²) in [6, 6.07) is 6.56. The van der Waals surface area contributed by atoms with Crippen LogP contribution >= 0.6 is 0 Å². The van der Waals surface area contributed by atoms with E-state index >= 15 is 0 Å². The third-order valence-corrected chi connectivity index (χ3v) is 7.21. The number of fused-ring (bicyclic) bond motifs is 1. The van der Waals surface area contributed by atoms with Crippen molar-refractivity contribution in [1.29, 1.82) is 0 Å². The van der Waals surface area contributed by atoms with E-state index in [1.807, 2.05) is 4.90 Å². The van der Waals surface area contributed by atoms with Crippen LogP contribution in [0.5, 0.6) is 5.75 Å². The van der Waals surface area contributed by atoms with Crippen LogP contribution in [0.4, 0.5) is 17.6 Å². The highest BCUT2D eigenvalue weighted by Crippen LogP contribution is 2.40. The van der Waals surface area contributed by atoms with Crippen LogP contribution in [0.3, 0.4) is 0 Å². The van der Waals surface area contributed by atoms with Gasteiger partial charge in [0.15, 0.2) is 17.5 Å². The van der Waals surface area contributed by atoms with E-state index in [-0.39, 0.29) is 30.5 Å². The molecule has 0 saturated carbocycles. The molecule has 1 saturated heterocycles. The second-order valence-corrected chi connectivity index (χ2v) is 9.51. The molecule has 1 aliphatic heterocycles. The van der Waals surface area contributed by atoms with Crippen molar-refractivity contribution in [2.45, 2.75) is 31.8 Å². The molecular formula is C28H27F4N3O4. The largest absolute Gasteiger partial charge is 0.497 e. The van der Waals surface area contributed by atoms with E-state index in [9.17, 15) is 32.7 Å². The van der Waals surface area contributed by atoms with Crippen molar-refractivity contribution in [2.75, 3.05) is 26.7 Å². The minimum atomic E-state index is -1.56. The highest BCUT2D eigenvalue weighted by Gasteiger charge is 2.41. The Bertz CT molecular complexity index is 1410. The summed E-state index contributed by atoms with van der Waals surface area (Å²) in [5, 5.41) is 20.8. The number of carbonyl (C=O) groups is 1. The van der Waals surface area contributed by atoms with E-state index in [4.69, 9.17) is 4.74 Å². The predicted octanol–water partition coefficient (Wildman–Crippen LogP) is 4.25. The van der Waals surface area contributed by atoms with Crippen molar-refractivity contribution in [3.05, 3.63) is 70.9 Å². The SMILES string of the molecule is COc1ccc2ncc(F)c(C(O)CCC3(C(=O)NO)CCN(CC#Cc4cc(F)c(F)c(F)c4)CC3)c2c1. The van der Waals surface area contributed by atoms with Gasteiger partial charge in [0.05, 0.1) is 36.9 Å². The normalized spacial score (nSPS) is 15.9. The lowest BCUT2D eigenvalue weighted by Crippen LogP contribution is -2.48. The van der Waals surface area contributed by atoms with Crippen LogP contribution in [-0.4, -0.2) is 52.8 Å². The number of nitrogens with one attached hydrogen (secondary N) is 1. The Kier molecular flexibility index (Phi) is 8.70. The van der Waals surface area contributed by atoms with Gasteiger partial charge in [0.25, 0.3) is 0 Å². The number of aliphatic hydroxyl groups is 1. The maximum atomic E-state index is 14.8. The van der Waals surface area contributed by atoms with Gasteiger partial charge in [-0.3, -0.25) is 19.9 Å². The van der Waals surface area contributed by atoms with Crippen molar-refractivity contribution in [2.24, 2.45) is 5.41 Å². The van der Waals surface area contributed by atoms with Crippen molar-refractivity contribution in [3.8, 4) is 17.6 Å². The molecular weight excluding hydrogens is 518 g/mol. The fraction of sp³-hybridized carbons (Fsp3) is 0.357. The molecule has 3 N–H and O–H groups in total. The second kappa shape index (κ2) is 12.0. The number of ether oxygens (including phenoxy) is 1. The summed E-state index contributed by atoms with van der Waals surface area (Å²) in [7, 11) is 1.47. The van der Waals surface area contributed by atoms with E-state index < -0.39 is 40.7 Å². The molecule has 4 rings (SSSR count). The molecule has 1 unspecified atom stereocenters. The average molecular weight is 546 g/mol. The maximum absolute atomic E-state index is 14.8. The second-order valence-electron chi connectivity index (χ2n) is 9.51. The summed E-state index contributed by atoms with van der Waals surface area (Å²) >= 11 is 0. The molecule has 7 nitrogen and oxygen atoms in total. The zero-order chi connectivity index (χ0) is 28.2. The highest BCUT2D eigenvalue weighted by molar-refractivity contribution is 5.84. The van der Waals surface area contributed by atoms with Gasteiger partial charge in [-0.2, -0.15) is 0 Å². The molecule has 0 aliphatic carbocycles. The molecule has 11 heteroatoms. The van der Waals surface area contributed by atoms with Crippen LogP contribution in [0, 0.1) is 40.5 Å². The number of carbonyl (C=O) groups excluding carboxylic acids is 1. The summed E-state index contributed by atoms with van der Waals surface area (Å²) in [6.07, 6.45) is 0.648. The molecule has 0 bridgehead atoms. The van der Waals surface area contributed by atoms with Crippen molar-refractivity contribution in [3.63, 3.8) is 0 Å². The number of halogens is 4. The van der Waals surface area contributed by atoms with Gasteiger partial charge in [-0.05, 0) is 56.0 Å². The number of aromatic nitrogens is 1. The number of hydrogen-bond acceptors (Lipinski definition) is 6. The highest BCUT2D eigenvalue weighted by atomic mass is 19.2. The van der Waals surface area contributed by atoms with Crippen molar-refractivity contribution < 1.29 is 37.4 Å². The summed E-state index contributed by atoms with van der Waals surface area (Å²) < 4.78 is 59.9. The van der Waals surface area contributed by atoms with Gasteiger partial charge < -0.3 is 9.84 Å². The standard InChI is InChI=1S/C28H27F4N3O4/c1-39-18-4-5-23-19(15-18)25(22(31)16-33-23)24(36)6-7-28(27(37)34-38)8-11-35(12-9-28)10-2-3-17-13-20(29)26(32)21(30)14-17/h4-5,13-16,24,36,38H,6-12H2,1H3,(H,34,37). The molecule has 0 radical (unpaired) electrons. The summed E-state index contributed by atoms with van der Waals surface area (Å²) in [5.41, 5.74) is 1.24. The number of nitrogens with zero attached hydrogens (tertiary/aromatic N) is 2. The van der Waals surface area contributed by atoms with Crippen molar-refractivity contribution in [1.82, 2.24) is 15.4 Å². The zero-order valence-corrected chi connectivity index (χ0v) is 21.1. The molecule has 2 aromatic carbocycles. The van der Waals surface area contributed by atoms with Gasteiger partial charge in [0.2, 0.25) is 5.91 Å². The van der Waals surface area contributed by atoms with Gasteiger partial charge in [0.1, 0.15) is 11.6 Å². The lowest BCUT2D eigenvalue weighted by atomic mass is 9.73. The number of piperidine rings is 1. The smallest absolute Gasteiger partial charge is 0.249 e. The van der Waals surface area contributed by atoms with E-state index in [0.717, 1.165) is 18.3 Å². The van der Waals surface area contributed by atoms with Gasteiger partial charge >= 0.3 is 0 Å². The van der Waals surface area contributed by atoms with Gasteiger partial charge in [-0.15, -0.1) is 0 Å². The quantitative estimate of drug-likeness (QED) is 0.135. The third-order valence-electron chi connectivity index (χ3n) is 7.21. The van der Waals surface area contributed by atoms with Gasteiger partial charge in [-0.1, -0.05) is 11.8 Å². The lowest BCUT2D eigenvalue weighted by Gasteiger charge is -2.40. The first-order valence-electron chi connectivity index (χ1n) is 12.3. The van der Waals surface area contributed by atoms with Crippen LogP contribution in [0.2, 0.25) is 0 Å². The Morgan fingerprint density at radius 1 is 1.15 bits per heavy atom. The van der Waals surface area contributed by atoms with Crippen LogP contribution in [0.15, 0.2) is 36.5 Å². The number of amides is 1. The molecule has 0 spiro atoms. The van der Waals surface area contributed by atoms with E-state index in [2.05, 4.69) is 16.8 Å². The van der Waals surface area contributed by atoms with E-state index in [0.29, 0.717) is 42.6 Å². The minimum Gasteiger partial charge on any atom is -0.497 e. The van der Waals surface area contributed by atoms with Gasteiger partial charge in [0, 0.05) is 29.6 Å². The summed E-state index contributed by atoms with van der Waals surface area (Å²) in [6.45, 7) is 1.05. The number of methoxy groups -OCH3 is 1.